The number of aryl methyl sites for hydroxylation is 2. The second-order valence-electron chi connectivity index (χ2n) is 5.77. The molecule has 1 aliphatic heterocycles. The fourth-order valence-corrected chi connectivity index (χ4v) is 2.58. The Bertz CT molecular complexity index is 555. The first-order valence-corrected chi connectivity index (χ1v) is 6.76. The predicted molar refractivity (Wildman–Crippen MR) is 78.9 cm³/mol. The lowest BCUT2D eigenvalue weighted by molar-refractivity contribution is 0.199. The highest BCUT2D eigenvalue weighted by Crippen LogP contribution is 2.32. The Morgan fingerprint density at radius 1 is 1.35 bits per heavy atom. The molecule has 1 aliphatic rings. The summed E-state index contributed by atoms with van der Waals surface area (Å²) in [6, 6.07) is 3.11. The van der Waals surface area contributed by atoms with E-state index in [1.807, 2.05) is 39.8 Å². The lowest BCUT2D eigenvalue weighted by atomic mass is 9.98. The fourth-order valence-electron chi connectivity index (χ4n) is 2.58. The Morgan fingerprint density at radius 2 is 1.90 bits per heavy atom. The molecule has 0 saturated carbocycles. The average molecular weight is 275 g/mol. The molecule has 0 aromatic heterocycles. The van der Waals surface area contributed by atoms with E-state index in [9.17, 15) is 9.90 Å². The first kappa shape index (κ1) is 14.4. The van der Waals surface area contributed by atoms with Crippen molar-refractivity contribution in [2.45, 2.75) is 33.7 Å². The number of amidine groups is 1. The molecule has 2 amide bonds. The molecular weight excluding hydrogens is 254 g/mol. The zero-order valence-electron chi connectivity index (χ0n) is 12.3. The number of nitrogens with two attached hydrogens (primary N) is 1. The molecule has 1 unspecified atom stereocenters. The quantitative estimate of drug-likeness (QED) is 0.889. The predicted octanol–water partition coefficient (Wildman–Crippen LogP) is 2.50. The van der Waals surface area contributed by atoms with E-state index in [1.54, 1.807) is 4.90 Å². The Balaban J connectivity index is 2.43. The van der Waals surface area contributed by atoms with Crippen molar-refractivity contribution in [3.05, 3.63) is 28.8 Å². The smallest absolute Gasteiger partial charge is 0.346 e. The third-order valence-electron chi connectivity index (χ3n) is 3.45. The molecule has 0 spiro atoms. The number of amides is 2. The zero-order valence-corrected chi connectivity index (χ0v) is 12.3. The monoisotopic (exact) mass is 275 g/mol. The van der Waals surface area contributed by atoms with Crippen molar-refractivity contribution >= 4 is 11.9 Å². The minimum Gasteiger partial charge on any atom is -0.507 e. The van der Waals surface area contributed by atoms with Crippen LogP contribution in [-0.2, 0) is 0 Å². The number of phenols is 1. The summed E-state index contributed by atoms with van der Waals surface area (Å²) in [6.07, 6.45) is 0. The van der Waals surface area contributed by atoms with Crippen LogP contribution in [0.25, 0.3) is 0 Å². The SMILES string of the molecule is Cc1cc(C2C(N)=NC(=O)N2CC(C)C)cc(C)c1O. The molecule has 5 heteroatoms. The van der Waals surface area contributed by atoms with Gasteiger partial charge in [-0.05, 0) is 48.6 Å². The first-order valence-electron chi connectivity index (χ1n) is 6.76. The molecule has 1 aromatic rings. The molecule has 0 aliphatic carbocycles. The summed E-state index contributed by atoms with van der Waals surface area (Å²) in [5.74, 6) is 0.936. The highest BCUT2D eigenvalue weighted by Gasteiger charge is 2.35. The van der Waals surface area contributed by atoms with Gasteiger partial charge in [-0.15, -0.1) is 0 Å². The Labute approximate surface area is 119 Å². The maximum atomic E-state index is 11.9. The van der Waals surface area contributed by atoms with Gasteiger partial charge in [0.05, 0.1) is 0 Å². The van der Waals surface area contributed by atoms with E-state index in [-0.39, 0.29) is 17.8 Å². The number of rotatable bonds is 3. The number of aromatic hydroxyl groups is 1. The number of nitrogens with zero attached hydrogens (tertiary/aromatic N) is 2. The van der Waals surface area contributed by atoms with Crippen LogP contribution in [0.2, 0.25) is 0 Å². The topological polar surface area (TPSA) is 78.9 Å². The maximum Gasteiger partial charge on any atom is 0.346 e. The van der Waals surface area contributed by atoms with Crippen molar-refractivity contribution in [1.29, 1.82) is 0 Å². The van der Waals surface area contributed by atoms with Gasteiger partial charge in [-0.1, -0.05) is 13.8 Å². The minimum absolute atomic E-state index is 0.281. The molecule has 2 rings (SSSR count). The van der Waals surface area contributed by atoms with E-state index in [1.165, 1.54) is 0 Å². The van der Waals surface area contributed by atoms with E-state index >= 15 is 0 Å². The molecule has 1 heterocycles. The van der Waals surface area contributed by atoms with Crippen LogP contribution in [0.3, 0.4) is 0 Å². The van der Waals surface area contributed by atoms with Crippen LogP contribution in [-0.4, -0.2) is 28.4 Å². The van der Waals surface area contributed by atoms with Gasteiger partial charge in [0.1, 0.15) is 17.6 Å². The summed E-state index contributed by atoms with van der Waals surface area (Å²) in [7, 11) is 0. The van der Waals surface area contributed by atoms with Gasteiger partial charge < -0.3 is 15.7 Å². The van der Waals surface area contributed by atoms with Gasteiger partial charge in [-0.3, -0.25) is 0 Å². The van der Waals surface area contributed by atoms with Crippen molar-refractivity contribution in [2.75, 3.05) is 6.54 Å². The zero-order chi connectivity index (χ0) is 15.0. The second-order valence-corrected chi connectivity index (χ2v) is 5.77. The largest absolute Gasteiger partial charge is 0.507 e. The Kier molecular flexibility index (Phi) is 3.70. The van der Waals surface area contributed by atoms with Crippen LogP contribution < -0.4 is 5.73 Å². The van der Waals surface area contributed by atoms with Gasteiger partial charge >= 0.3 is 6.03 Å². The Morgan fingerprint density at radius 3 is 2.40 bits per heavy atom. The van der Waals surface area contributed by atoms with Gasteiger partial charge in [-0.2, -0.15) is 4.99 Å². The number of phenolic OH excluding ortho intramolecular Hbond substituents is 1. The van der Waals surface area contributed by atoms with Crippen molar-refractivity contribution in [1.82, 2.24) is 4.90 Å². The van der Waals surface area contributed by atoms with E-state index < -0.39 is 0 Å². The number of benzene rings is 1. The van der Waals surface area contributed by atoms with E-state index in [0.29, 0.717) is 18.3 Å². The highest BCUT2D eigenvalue weighted by atomic mass is 16.3. The van der Waals surface area contributed by atoms with Gasteiger partial charge in [0.25, 0.3) is 0 Å². The van der Waals surface area contributed by atoms with Crippen LogP contribution >= 0.6 is 0 Å². The van der Waals surface area contributed by atoms with E-state index in [2.05, 4.69) is 4.99 Å². The number of hydrogen-bond donors (Lipinski definition) is 2. The third kappa shape index (κ3) is 2.48. The molecule has 0 bridgehead atoms. The van der Waals surface area contributed by atoms with Crippen molar-refractivity contribution in [2.24, 2.45) is 16.6 Å². The van der Waals surface area contributed by atoms with Crippen molar-refractivity contribution in [3.63, 3.8) is 0 Å². The Hall–Kier alpha value is -2.04. The second kappa shape index (κ2) is 5.15. The first-order chi connectivity index (χ1) is 9.31. The van der Waals surface area contributed by atoms with Crippen LogP contribution in [0.15, 0.2) is 17.1 Å². The van der Waals surface area contributed by atoms with Crippen LogP contribution in [0.1, 0.15) is 36.6 Å². The highest BCUT2D eigenvalue weighted by molar-refractivity contribution is 6.03. The number of aliphatic imine (C=N–C) groups is 1. The molecular formula is C15H21N3O2. The summed E-state index contributed by atoms with van der Waals surface area (Å²) in [5.41, 5.74) is 8.37. The van der Waals surface area contributed by atoms with Crippen LogP contribution in [0, 0.1) is 19.8 Å². The molecule has 0 radical (unpaired) electrons. The molecule has 0 saturated heterocycles. The molecule has 3 N–H and O–H groups in total. The number of hydrogen-bond acceptors (Lipinski definition) is 3. The lowest BCUT2D eigenvalue weighted by Gasteiger charge is -2.26. The standard InChI is InChI=1S/C15H21N3O2/c1-8(2)7-18-12(14(16)17-15(18)20)11-5-9(3)13(19)10(4)6-11/h5-6,8,12,19H,7H2,1-4H3,(H2,16,17,20). The van der Waals surface area contributed by atoms with E-state index in [0.717, 1.165) is 16.7 Å². The van der Waals surface area contributed by atoms with Crippen molar-refractivity contribution < 1.29 is 9.90 Å². The van der Waals surface area contributed by atoms with Gasteiger partial charge in [0.15, 0.2) is 0 Å². The summed E-state index contributed by atoms with van der Waals surface area (Å²) in [5, 5.41) is 9.86. The van der Waals surface area contributed by atoms with Crippen LogP contribution in [0.4, 0.5) is 4.79 Å². The van der Waals surface area contributed by atoms with E-state index in [4.69, 9.17) is 5.73 Å². The number of carbonyl (C=O) groups is 1. The average Bonchev–Trinajstić information content (AvgIpc) is 2.60. The fraction of sp³-hybridized carbons (Fsp3) is 0.467. The van der Waals surface area contributed by atoms with Gasteiger partial charge in [-0.25, -0.2) is 4.79 Å². The maximum absolute atomic E-state index is 11.9. The van der Waals surface area contributed by atoms with Crippen molar-refractivity contribution in [3.8, 4) is 5.75 Å². The molecule has 108 valence electrons. The summed E-state index contributed by atoms with van der Waals surface area (Å²) in [6.45, 7) is 8.37. The summed E-state index contributed by atoms with van der Waals surface area (Å²) < 4.78 is 0. The lowest BCUT2D eigenvalue weighted by Crippen LogP contribution is -2.35. The normalized spacial score (nSPS) is 18.9. The molecule has 1 aromatic carbocycles. The molecule has 0 fully saturated rings. The minimum atomic E-state index is -0.331. The molecule has 1 atom stereocenters. The van der Waals surface area contributed by atoms with Crippen LogP contribution in [0.5, 0.6) is 5.75 Å². The summed E-state index contributed by atoms with van der Waals surface area (Å²) in [4.78, 5) is 17.5. The number of urea groups is 1. The molecule has 20 heavy (non-hydrogen) atoms. The third-order valence-corrected chi connectivity index (χ3v) is 3.45. The summed E-state index contributed by atoms with van der Waals surface area (Å²) >= 11 is 0. The van der Waals surface area contributed by atoms with Gasteiger partial charge in [0, 0.05) is 6.54 Å². The molecule has 5 nitrogen and oxygen atoms in total. The number of carbonyl (C=O) groups excluding carboxylic acids is 1. The van der Waals surface area contributed by atoms with Gasteiger partial charge in [0.2, 0.25) is 0 Å².